The molecular weight excluding hydrogens is 250 g/mol. The highest BCUT2D eigenvalue weighted by Gasteiger charge is 2.20. The molecule has 1 aliphatic heterocycles. The van der Waals surface area contributed by atoms with Crippen molar-refractivity contribution in [2.45, 2.75) is 51.6 Å². The van der Waals surface area contributed by atoms with Crippen LogP contribution < -0.4 is 10.6 Å². The maximum atomic E-state index is 11.8. The van der Waals surface area contributed by atoms with E-state index in [1.165, 1.54) is 12.8 Å². The van der Waals surface area contributed by atoms with Crippen molar-refractivity contribution in [2.75, 3.05) is 26.7 Å². The number of likely N-dealkylation sites (N-methyl/N-ethyl adjacent to an activating group) is 1. The first-order valence-electron chi connectivity index (χ1n) is 6.60. The van der Waals surface area contributed by atoms with Crippen LogP contribution in [0.3, 0.4) is 0 Å². The Morgan fingerprint density at radius 1 is 1.33 bits per heavy atom. The fourth-order valence-corrected chi connectivity index (χ4v) is 2.25. The lowest BCUT2D eigenvalue weighted by atomic mass is 10.1. The van der Waals surface area contributed by atoms with Gasteiger partial charge < -0.3 is 10.6 Å². The minimum Gasteiger partial charge on any atom is -0.350 e. The average Bonchev–Trinajstić information content (AvgIpc) is 2.41. The van der Waals surface area contributed by atoms with Gasteiger partial charge in [0.15, 0.2) is 0 Å². The molecule has 0 saturated carbocycles. The Morgan fingerprint density at radius 3 is 2.61 bits per heavy atom. The monoisotopic (exact) mass is 277 g/mol. The van der Waals surface area contributed by atoms with Crippen molar-refractivity contribution in [3.8, 4) is 0 Å². The van der Waals surface area contributed by atoms with Crippen LogP contribution in [-0.2, 0) is 4.79 Å². The van der Waals surface area contributed by atoms with Crippen LogP contribution in [0.25, 0.3) is 0 Å². The van der Waals surface area contributed by atoms with Crippen LogP contribution in [0, 0.1) is 0 Å². The van der Waals surface area contributed by atoms with Crippen LogP contribution in [0.1, 0.15) is 40.0 Å². The highest BCUT2D eigenvalue weighted by molar-refractivity contribution is 5.85. The lowest BCUT2D eigenvalue weighted by molar-refractivity contribution is -0.123. The Morgan fingerprint density at radius 2 is 2.00 bits per heavy atom. The summed E-state index contributed by atoms with van der Waals surface area (Å²) in [4.78, 5) is 14.0. The molecule has 0 aromatic heterocycles. The zero-order valence-corrected chi connectivity index (χ0v) is 12.9. The van der Waals surface area contributed by atoms with Crippen molar-refractivity contribution < 1.29 is 4.79 Å². The third kappa shape index (κ3) is 7.19. The number of hydrogen-bond acceptors (Lipinski definition) is 3. The first kappa shape index (κ1) is 17.7. The van der Waals surface area contributed by atoms with E-state index in [0.717, 1.165) is 19.5 Å². The molecule has 0 radical (unpaired) electrons. The molecule has 0 aliphatic carbocycles. The quantitative estimate of drug-likeness (QED) is 0.820. The summed E-state index contributed by atoms with van der Waals surface area (Å²) in [7, 11) is 2.05. The van der Waals surface area contributed by atoms with Gasteiger partial charge in [-0.2, -0.15) is 0 Å². The first-order valence-corrected chi connectivity index (χ1v) is 6.60. The SMILES string of the molecule is CN(CC(=O)NC(C)(C)C)C1CCCNCC1.Cl. The highest BCUT2D eigenvalue weighted by Crippen LogP contribution is 2.11. The standard InChI is InChI=1S/C13H27N3O.ClH/c1-13(2,3)15-12(17)10-16(4)11-6-5-8-14-9-7-11;/h11,14H,5-10H2,1-4H3,(H,15,17);1H. The van der Waals surface area contributed by atoms with Gasteiger partial charge in [0.25, 0.3) is 0 Å². The number of carbonyl (C=O) groups excluding carboxylic acids is 1. The molecule has 2 N–H and O–H groups in total. The minimum absolute atomic E-state index is 0. The topological polar surface area (TPSA) is 44.4 Å². The van der Waals surface area contributed by atoms with E-state index in [0.29, 0.717) is 12.6 Å². The van der Waals surface area contributed by atoms with E-state index in [-0.39, 0.29) is 23.9 Å². The molecular formula is C13H28ClN3O. The largest absolute Gasteiger partial charge is 0.350 e. The molecule has 1 amide bonds. The third-order valence-corrected chi connectivity index (χ3v) is 3.08. The second-order valence-corrected chi connectivity index (χ2v) is 6.05. The minimum atomic E-state index is -0.136. The number of hydrogen-bond donors (Lipinski definition) is 2. The number of amides is 1. The summed E-state index contributed by atoms with van der Waals surface area (Å²) in [5, 5.41) is 6.40. The fourth-order valence-electron chi connectivity index (χ4n) is 2.25. The zero-order valence-electron chi connectivity index (χ0n) is 12.1. The summed E-state index contributed by atoms with van der Waals surface area (Å²) in [6.45, 7) is 8.72. The van der Waals surface area contributed by atoms with E-state index < -0.39 is 0 Å². The Balaban J connectivity index is 0.00000289. The number of rotatable bonds is 3. The van der Waals surface area contributed by atoms with Gasteiger partial charge in [-0.25, -0.2) is 0 Å². The predicted octanol–water partition coefficient (Wildman–Crippen LogP) is 1.40. The van der Waals surface area contributed by atoms with E-state index in [4.69, 9.17) is 0 Å². The first-order chi connectivity index (χ1) is 7.88. The molecule has 5 heteroatoms. The molecule has 4 nitrogen and oxygen atoms in total. The van der Waals surface area contributed by atoms with Crippen molar-refractivity contribution in [1.82, 2.24) is 15.5 Å². The van der Waals surface area contributed by atoms with Crippen LogP contribution in [0.2, 0.25) is 0 Å². The Bertz CT molecular complexity index is 245. The van der Waals surface area contributed by atoms with Crippen molar-refractivity contribution in [3.63, 3.8) is 0 Å². The van der Waals surface area contributed by atoms with Gasteiger partial charge in [0.05, 0.1) is 6.54 Å². The Hall–Kier alpha value is -0.320. The zero-order chi connectivity index (χ0) is 12.9. The maximum absolute atomic E-state index is 11.8. The maximum Gasteiger partial charge on any atom is 0.234 e. The molecule has 1 saturated heterocycles. The lowest BCUT2D eigenvalue weighted by Crippen LogP contribution is -2.47. The van der Waals surface area contributed by atoms with E-state index in [9.17, 15) is 4.79 Å². The second-order valence-electron chi connectivity index (χ2n) is 6.05. The number of halogens is 1. The summed E-state index contributed by atoms with van der Waals surface area (Å²) < 4.78 is 0. The number of carbonyl (C=O) groups is 1. The average molecular weight is 278 g/mol. The van der Waals surface area contributed by atoms with Crippen molar-refractivity contribution in [1.29, 1.82) is 0 Å². The summed E-state index contributed by atoms with van der Waals surface area (Å²) in [5.41, 5.74) is -0.136. The second kappa shape index (κ2) is 7.97. The normalized spacial score (nSPS) is 21.1. The van der Waals surface area contributed by atoms with Crippen LogP contribution in [-0.4, -0.2) is 49.1 Å². The molecule has 1 heterocycles. The molecule has 0 bridgehead atoms. The van der Waals surface area contributed by atoms with Crippen LogP contribution in [0.15, 0.2) is 0 Å². The number of nitrogens with zero attached hydrogens (tertiary/aromatic N) is 1. The highest BCUT2D eigenvalue weighted by atomic mass is 35.5. The molecule has 1 atom stereocenters. The molecule has 18 heavy (non-hydrogen) atoms. The van der Waals surface area contributed by atoms with E-state index in [2.05, 4.69) is 22.6 Å². The Labute approximate surface area is 117 Å². The van der Waals surface area contributed by atoms with E-state index in [1.54, 1.807) is 0 Å². The van der Waals surface area contributed by atoms with E-state index >= 15 is 0 Å². The molecule has 1 fully saturated rings. The third-order valence-electron chi connectivity index (χ3n) is 3.08. The van der Waals surface area contributed by atoms with Crippen LogP contribution in [0.4, 0.5) is 0 Å². The van der Waals surface area contributed by atoms with E-state index in [1.807, 2.05) is 20.8 Å². The Kier molecular flexibility index (Phi) is 7.83. The fraction of sp³-hybridized carbons (Fsp3) is 0.923. The van der Waals surface area contributed by atoms with Gasteiger partial charge in [0, 0.05) is 11.6 Å². The van der Waals surface area contributed by atoms with Gasteiger partial charge in [0.1, 0.15) is 0 Å². The summed E-state index contributed by atoms with van der Waals surface area (Å²) in [5.74, 6) is 0.122. The summed E-state index contributed by atoms with van der Waals surface area (Å²) in [6, 6.07) is 0.538. The number of nitrogens with one attached hydrogen (secondary N) is 2. The van der Waals surface area contributed by atoms with Crippen molar-refractivity contribution in [2.24, 2.45) is 0 Å². The van der Waals surface area contributed by atoms with Gasteiger partial charge in [-0.3, -0.25) is 9.69 Å². The van der Waals surface area contributed by atoms with Crippen LogP contribution in [0.5, 0.6) is 0 Å². The van der Waals surface area contributed by atoms with Gasteiger partial charge in [-0.1, -0.05) is 0 Å². The molecule has 1 rings (SSSR count). The van der Waals surface area contributed by atoms with Crippen molar-refractivity contribution in [3.05, 3.63) is 0 Å². The summed E-state index contributed by atoms with van der Waals surface area (Å²) >= 11 is 0. The molecule has 0 spiro atoms. The molecule has 108 valence electrons. The van der Waals surface area contributed by atoms with Crippen molar-refractivity contribution >= 4 is 18.3 Å². The smallest absolute Gasteiger partial charge is 0.234 e. The summed E-state index contributed by atoms with van der Waals surface area (Å²) in [6.07, 6.45) is 3.53. The van der Waals surface area contributed by atoms with Gasteiger partial charge in [-0.15, -0.1) is 12.4 Å². The molecule has 1 unspecified atom stereocenters. The lowest BCUT2D eigenvalue weighted by Gasteiger charge is -2.28. The van der Waals surface area contributed by atoms with Crippen LogP contribution >= 0.6 is 12.4 Å². The molecule has 1 aliphatic rings. The van der Waals surface area contributed by atoms with Gasteiger partial charge in [0.2, 0.25) is 5.91 Å². The molecule has 0 aromatic rings. The molecule has 0 aromatic carbocycles. The predicted molar refractivity (Wildman–Crippen MR) is 78.3 cm³/mol. The van der Waals surface area contributed by atoms with Gasteiger partial charge >= 0.3 is 0 Å². The van der Waals surface area contributed by atoms with Gasteiger partial charge in [-0.05, 0) is 60.2 Å².